The summed E-state index contributed by atoms with van der Waals surface area (Å²) in [6.45, 7) is 2.07. The normalized spacial score (nSPS) is 14.5. The maximum Gasteiger partial charge on any atom is 0.0500 e. The van der Waals surface area contributed by atoms with Crippen molar-refractivity contribution in [2.75, 3.05) is 5.75 Å². The van der Waals surface area contributed by atoms with E-state index in [1.165, 1.54) is 0 Å². The molecule has 0 aliphatic rings. The van der Waals surface area contributed by atoms with E-state index in [2.05, 4.69) is 6.92 Å². The van der Waals surface area contributed by atoms with Crippen LogP contribution in [0.15, 0.2) is 24.3 Å². The topological polar surface area (TPSA) is 43.1 Å². The van der Waals surface area contributed by atoms with Crippen molar-refractivity contribution in [1.82, 2.24) is 0 Å². The van der Waals surface area contributed by atoms with Crippen LogP contribution in [0.3, 0.4) is 0 Å². The number of benzene rings is 1. The van der Waals surface area contributed by atoms with Crippen molar-refractivity contribution >= 4 is 22.4 Å². The highest BCUT2D eigenvalue weighted by Crippen LogP contribution is 2.17. The molecule has 0 amide bonds. The molecule has 1 aromatic carbocycles. The molecule has 96 valence electrons. The predicted octanol–water partition coefficient (Wildman–Crippen LogP) is 3.11. The quantitative estimate of drug-likeness (QED) is 0.830. The molecule has 2 atom stereocenters. The smallest absolute Gasteiger partial charge is 0.0500 e. The number of nitrogens with two attached hydrogens (primary N) is 1. The van der Waals surface area contributed by atoms with Gasteiger partial charge in [-0.15, -0.1) is 0 Å². The van der Waals surface area contributed by atoms with E-state index in [0.29, 0.717) is 16.5 Å². The third-order valence-corrected chi connectivity index (χ3v) is 4.49. The first-order valence-electron chi connectivity index (χ1n) is 5.97. The second-order valence-corrected chi connectivity index (χ2v) is 6.17. The number of halogens is 1. The van der Waals surface area contributed by atoms with Gasteiger partial charge in [-0.2, -0.15) is 0 Å². The Hall–Kier alpha value is -0.380. The van der Waals surface area contributed by atoms with E-state index in [1.807, 2.05) is 24.3 Å². The Morgan fingerprint density at radius 3 is 2.76 bits per heavy atom. The minimum absolute atomic E-state index is 0.243. The van der Waals surface area contributed by atoms with E-state index in [4.69, 9.17) is 17.3 Å². The fraction of sp³-hybridized carbons (Fsp3) is 0.538. The highest BCUT2D eigenvalue weighted by Gasteiger charge is 2.06. The van der Waals surface area contributed by atoms with Crippen LogP contribution in [-0.2, 0) is 16.6 Å². The summed E-state index contributed by atoms with van der Waals surface area (Å²) in [6, 6.07) is 7.81. The van der Waals surface area contributed by atoms with E-state index < -0.39 is 10.8 Å². The molecule has 0 heterocycles. The Bertz CT molecular complexity index is 370. The molecular weight excluding hydrogens is 254 g/mol. The summed E-state index contributed by atoms with van der Waals surface area (Å²) in [6.07, 6.45) is 2.86. The summed E-state index contributed by atoms with van der Waals surface area (Å²) < 4.78 is 11.8. The van der Waals surface area contributed by atoms with Gasteiger partial charge < -0.3 is 5.73 Å². The number of hydrogen-bond acceptors (Lipinski definition) is 2. The van der Waals surface area contributed by atoms with Crippen LogP contribution in [0.5, 0.6) is 0 Å². The average molecular weight is 274 g/mol. The Kier molecular flexibility index (Phi) is 6.78. The molecule has 17 heavy (non-hydrogen) atoms. The van der Waals surface area contributed by atoms with Crippen LogP contribution in [0, 0.1) is 0 Å². The summed E-state index contributed by atoms with van der Waals surface area (Å²) in [5.41, 5.74) is 6.78. The first-order chi connectivity index (χ1) is 8.13. The van der Waals surface area contributed by atoms with E-state index in [0.717, 1.165) is 24.8 Å². The molecular formula is C13H20ClNOS. The SMILES string of the molecule is CCC(N)CCCS(=O)Cc1ccccc1Cl. The van der Waals surface area contributed by atoms with Crippen LogP contribution in [0.4, 0.5) is 0 Å². The minimum atomic E-state index is -0.840. The molecule has 0 bridgehead atoms. The van der Waals surface area contributed by atoms with Gasteiger partial charge in [-0.3, -0.25) is 4.21 Å². The molecule has 0 radical (unpaired) electrons. The third kappa shape index (κ3) is 5.66. The lowest BCUT2D eigenvalue weighted by atomic mass is 10.1. The first kappa shape index (κ1) is 14.7. The van der Waals surface area contributed by atoms with Crippen molar-refractivity contribution in [3.8, 4) is 0 Å². The molecule has 0 aliphatic heterocycles. The molecule has 0 fully saturated rings. The van der Waals surface area contributed by atoms with Gasteiger partial charge in [0.05, 0.1) is 0 Å². The molecule has 2 nitrogen and oxygen atoms in total. The molecule has 2 N–H and O–H groups in total. The zero-order chi connectivity index (χ0) is 12.7. The van der Waals surface area contributed by atoms with Crippen LogP contribution < -0.4 is 5.73 Å². The average Bonchev–Trinajstić information content (AvgIpc) is 2.32. The second kappa shape index (κ2) is 7.85. The first-order valence-corrected chi connectivity index (χ1v) is 7.84. The highest BCUT2D eigenvalue weighted by atomic mass is 35.5. The van der Waals surface area contributed by atoms with Crippen LogP contribution in [0.1, 0.15) is 31.7 Å². The standard InChI is InChI=1S/C13H20ClNOS/c1-2-12(15)7-5-9-17(16)10-11-6-3-4-8-13(11)14/h3-4,6,8,12H,2,5,7,9-10,15H2,1H3. The molecule has 0 saturated heterocycles. The summed E-state index contributed by atoms with van der Waals surface area (Å²) in [5.74, 6) is 1.25. The number of rotatable bonds is 7. The minimum Gasteiger partial charge on any atom is -0.328 e. The number of hydrogen-bond donors (Lipinski definition) is 1. The van der Waals surface area contributed by atoms with Crippen molar-refractivity contribution in [3.63, 3.8) is 0 Å². The lowest BCUT2D eigenvalue weighted by Crippen LogP contribution is -2.19. The van der Waals surface area contributed by atoms with Gasteiger partial charge in [0.15, 0.2) is 0 Å². The van der Waals surface area contributed by atoms with Crippen molar-refractivity contribution in [1.29, 1.82) is 0 Å². The van der Waals surface area contributed by atoms with Gasteiger partial charge in [-0.25, -0.2) is 0 Å². The van der Waals surface area contributed by atoms with Gasteiger partial charge in [0.2, 0.25) is 0 Å². The molecule has 1 rings (SSSR count). The van der Waals surface area contributed by atoms with E-state index in [-0.39, 0.29) is 6.04 Å². The Morgan fingerprint density at radius 1 is 1.41 bits per heavy atom. The summed E-state index contributed by atoms with van der Waals surface area (Å²) in [7, 11) is -0.840. The maximum absolute atomic E-state index is 11.8. The Balaban J connectivity index is 2.33. The molecule has 0 spiro atoms. The Morgan fingerprint density at radius 2 is 2.12 bits per heavy atom. The maximum atomic E-state index is 11.8. The Labute approximate surface area is 111 Å². The lowest BCUT2D eigenvalue weighted by Gasteiger charge is -2.08. The van der Waals surface area contributed by atoms with Crippen molar-refractivity contribution in [2.45, 2.75) is 38.0 Å². The van der Waals surface area contributed by atoms with Gasteiger partial charge in [0, 0.05) is 33.4 Å². The van der Waals surface area contributed by atoms with Crippen LogP contribution >= 0.6 is 11.6 Å². The molecule has 4 heteroatoms. The van der Waals surface area contributed by atoms with Crippen LogP contribution in [0.25, 0.3) is 0 Å². The molecule has 0 saturated carbocycles. The summed E-state index contributed by atoms with van der Waals surface area (Å²) in [5, 5.41) is 0.700. The third-order valence-electron chi connectivity index (χ3n) is 2.75. The second-order valence-electron chi connectivity index (χ2n) is 4.19. The highest BCUT2D eigenvalue weighted by molar-refractivity contribution is 7.84. The van der Waals surface area contributed by atoms with Crippen LogP contribution in [-0.4, -0.2) is 16.0 Å². The predicted molar refractivity (Wildman–Crippen MR) is 75.7 cm³/mol. The molecule has 2 unspecified atom stereocenters. The van der Waals surface area contributed by atoms with Crippen molar-refractivity contribution in [3.05, 3.63) is 34.9 Å². The monoisotopic (exact) mass is 273 g/mol. The fourth-order valence-electron chi connectivity index (χ4n) is 1.57. The van der Waals surface area contributed by atoms with Gasteiger partial charge in [-0.1, -0.05) is 36.7 Å². The van der Waals surface area contributed by atoms with E-state index in [1.54, 1.807) is 0 Å². The van der Waals surface area contributed by atoms with Gasteiger partial charge >= 0.3 is 0 Å². The zero-order valence-electron chi connectivity index (χ0n) is 10.2. The largest absolute Gasteiger partial charge is 0.328 e. The van der Waals surface area contributed by atoms with E-state index in [9.17, 15) is 4.21 Å². The zero-order valence-corrected chi connectivity index (χ0v) is 11.8. The van der Waals surface area contributed by atoms with Crippen molar-refractivity contribution in [2.24, 2.45) is 5.73 Å². The van der Waals surface area contributed by atoms with Gasteiger partial charge in [-0.05, 0) is 30.9 Å². The van der Waals surface area contributed by atoms with Gasteiger partial charge in [0.1, 0.15) is 0 Å². The molecule has 0 aromatic heterocycles. The van der Waals surface area contributed by atoms with E-state index >= 15 is 0 Å². The summed E-state index contributed by atoms with van der Waals surface area (Å²) in [4.78, 5) is 0. The van der Waals surface area contributed by atoms with Gasteiger partial charge in [0.25, 0.3) is 0 Å². The fourth-order valence-corrected chi connectivity index (χ4v) is 3.09. The molecule has 0 aliphatic carbocycles. The summed E-state index contributed by atoms with van der Waals surface area (Å²) >= 11 is 6.02. The van der Waals surface area contributed by atoms with Crippen molar-refractivity contribution < 1.29 is 4.21 Å². The lowest BCUT2D eigenvalue weighted by molar-refractivity contribution is 0.586. The van der Waals surface area contributed by atoms with Crippen LogP contribution in [0.2, 0.25) is 5.02 Å². The molecule has 1 aromatic rings.